The fraction of sp³-hybridized carbons (Fsp3) is 0.632. The Hall–Kier alpha value is -1.07. The summed E-state index contributed by atoms with van der Waals surface area (Å²) < 4.78 is 30.5. The average molecular weight is 526 g/mol. The second-order valence-corrected chi connectivity index (χ2v) is 8.40. The van der Waals surface area contributed by atoms with Crippen molar-refractivity contribution >= 4 is 40.0 Å². The Bertz CT molecular complexity index is 666. The Morgan fingerprint density at radius 2 is 1.82 bits per heavy atom. The predicted molar refractivity (Wildman–Crippen MR) is 128 cm³/mol. The number of hydrogen-bond donors (Lipinski definition) is 3. The largest absolute Gasteiger partial charge is 0.497 e. The van der Waals surface area contributed by atoms with Gasteiger partial charge in [-0.25, -0.2) is 13.1 Å². The zero-order valence-corrected chi connectivity index (χ0v) is 20.5. The standard InChI is InChI=1S/C19H34N4O3S.HI/c1-5-20-19(21-13-7-14-23-27(24,25)6-2)22-15-12-16(3)17-8-10-18(26-4)11-9-17;/h8-11,16,23H,5-7,12-15H2,1-4H3,(H2,20,21,22);1H. The lowest BCUT2D eigenvalue weighted by Gasteiger charge is -2.15. The van der Waals surface area contributed by atoms with Crippen LogP contribution in [0.25, 0.3) is 0 Å². The summed E-state index contributed by atoms with van der Waals surface area (Å²) in [5.41, 5.74) is 1.28. The number of hydrogen-bond acceptors (Lipinski definition) is 4. The minimum absolute atomic E-state index is 0. The van der Waals surface area contributed by atoms with E-state index in [9.17, 15) is 8.42 Å². The number of sulfonamides is 1. The van der Waals surface area contributed by atoms with Gasteiger partial charge in [-0.2, -0.15) is 0 Å². The molecule has 9 heteroatoms. The molecule has 0 aliphatic heterocycles. The number of benzene rings is 1. The van der Waals surface area contributed by atoms with Crippen molar-refractivity contribution < 1.29 is 13.2 Å². The van der Waals surface area contributed by atoms with E-state index < -0.39 is 10.0 Å². The topological polar surface area (TPSA) is 91.8 Å². The van der Waals surface area contributed by atoms with Gasteiger partial charge in [0.15, 0.2) is 5.96 Å². The van der Waals surface area contributed by atoms with E-state index in [1.165, 1.54) is 5.56 Å². The summed E-state index contributed by atoms with van der Waals surface area (Å²) in [4.78, 5) is 4.49. The Morgan fingerprint density at radius 1 is 1.14 bits per heavy atom. The van der Waals surface area contributed by atoms with Crippen LogP contribution in [0.5, 0.6) is 5.75 Å². The zero-order chi connectivity index (χ0) is 20.1. The first-order valence-corrected chi connectivity index (χ1v) is 11.2. The smallest absolute Gasteiger partial charge is 0.211 e. The van der Waals surface area contributed by atoms with Crippen LogP contribution in [-0.2, 0) is 10.0 Å². The Morgan fingerprint density at radius 3 is 2.39 bits per heavy atom. The van der Waals surface area contributed by atoms with Gasteiger partial charge in [-0.15, -0.1) is 24.0 Å². The van der Waals surface area contributed by atoms with Gasteiger partial charge in [0.25, 0.3) is 0 Å². The maximum Gasteiger partial charge on any atom is 0.211 e. The van der Waals surface area contributed by atoms with Gasteiger partial charge in [0.1, 0.15) is 5.75 Å². The van der Waals surface area contributed by atoms with Crippen LogP contribution in [0.3, 0.4) is 0 Å². The highest BCUT2D eigenvalue weighted by molar-refractivity contribution is 14.0. The molecular weight excluding hydrogens is 491 g/mol. The van der Waals surface area contributed by atoms with Crippen LogP contribution in [0.2, 0.25) is 0 Å². The van der Waals surface area contributed by atoms with Crippen LogP contribution in [0, 0.1) is 0 Å². The molecule has 0 bridgehead atoms. The lowest BCUT2D eigenvalue weighted by atomic mass is 9.98. The van der Waals surface area contributed by atoms with Gasteiger partial charge < -0.3 is 15.4 Å². The van der Waals surface area contributed by atoms with E-state index in [4.69, 9.17) is 4.74 Å². The molecule has 1 aromatic carbocycles. The maximum absolute atomic E-state index is 11.4. The zero-order valence-electron chi connectivity index (χ0n) is 17.3. The highest BCUT2D eigenvalue weighted by Crippen LogP contribution is 2.21. The van der Waals surface area contributed by atoms with E-state index >= 15 is 0 Å². The summed E-state index contributed by atoms with van der Waals surface area (Å²) in [6.45, 7) is 8.41. The van der Waals surface area contributed by atoms with E-state index in [2.05, 4.69) is 39.4 Å². The van der Waals surface area contributed by atoms with Gasteiger partial charge in [-0.3, -0.25) is 4.99 Å². The number of methoxy groups -OCH3 is 1. The third-order valence-electron chi connectivity index (χ3n) is 4.21. The number of guanidine groups is 1. The molecule has 3 N–H and O–H groups in total. The predicted octanol–water partition coefficient (Wildman–Crippen LogP) is 2.69. The normalized spacial score (nSPS) is 12.8. The maximum atomic E-state index is 11.4. The number of halogens is 1. The van der Waals surface area contributed by atoms with Crippen LogP contribution in [0.15, 0.2) is 29.3 Å². The molecule has 1 rings (SSSR count). The Balaban J connectivity index is 0.00000729. The monoisotopic (exact) mass is 526 g/mol. The van der Waals surface area contributed by atoms with Crippen molar-refractivity contribution in [2.45, 2.75) is 39.5 Å². The van der Waals surface area contributed by atoms with Crippen LogP contribution >= 0.6 is 24.0 Å². The highest BCUT2D eigenvalue weighted by Gasteiger charge is 2.07. The van der Waals surface area contributed by atoms with Gasteiger partial charge in [0.05, 0.1) is 12.9 Å². The number of ether oxygens (including phenoxy) is 1. The molecule has 162 valence electrons. The molecular formula is C19H35IN4O3S. The van der Waals surface area contributed by atoms with Crippen molar-refractivity contribution in [1.29, 1.82) is 0 Å². The van der Waals surface area contributed by atoms with Gasteiger partial charge in [0.2, 0.25) is 10.0 Å². The van der Waals surface area contributed by atoms with Crippen molar-refractivity contribution in [3.63, 3.8) is 0 Å². The van der Waals surface area contributed by atoms with Gasteiger partial charge in [-0.1, -0.05) is 19.1 Å². The molecule has 7 nitrogen and oxygen atoms in total. The van der Waals surface area contributed by atoms with Crippen molar-refractivity contribution in [3.8, 4) is 5.75 Å². The summed E-state index contributed by atoms with van der Waals surface area (Å²) in [7, 11) is -1.45. The second kappa shape index (κ2) is 14.9. The minimum Gasteiger partial charge on any atom is -0.497 e. The van der Waals surface area contributed by atoms with Crippen LogP contribution in [0.4, 0.5) is 0 Å². The number of aliphatic imine (C=N–C) groups is 1. The lowest BCUT2D eigenvalue weighted by molar-refractivity contribution is 0.414. The van der Waals surface area contributed by atoms with E-state index in [1.807, 2.05) is 19.1 Å². The molecule has 28 heavy (non-hydrogen) atoms. The molecule has 0 radical (unpaired) electrons. The summed E-state index contributed by atoms with van der Waals surface area (Å²) in [6, 6.07) is 8.16. The molecule has 0 aromatic heterocycles. The fourth-order valence-corrected chi connectivity index (χ4v) is 3.11. The van der Waals surface area contributed by atoms with E-state index in [0.29, 0.717) is 25.4 Å². The van der Waals surface area contributed by atoms with E-state index in [0.717, 1.165) is 31.2 Å². The summed E-state index contributed by atoms with van der Waals surface area (Å²) in [6.07, 6.45) is 1.64. The van der Waals surface area contributed by atoms with Crippen molar-refractivity contribution in [2.24, 2.45) is 4.99 Å². The molecule has 0 spiro atoms. The summed E-state index contributed by atoms with van der Waals surface area (Å²) >= 11 is 0. The molecule has 1 unspecified atom stereocenters. The van der Waals surface area contributed by atoms with E-state index in [1.54, 1.807) is 14.0 Å². The van der Waals surface area contributed by atoms with Crippen molar-refractivity contribution in [2.75, 3.05) is 39.0 Å². The van der Waals surface area contributed by atoms with Crippen LogP contribution < -0.4 is 20.1 Å². The van der Waals surface area contributed by atoms with Crippen molar-refractivity contribution in [1.82, 2.24) is 15.4 Å². The number of rotatable bonds is 12. The Kier molecular flexibility index (Phi) is 14.3. The molecule has 0 saturated carbocycles. The van der Waals surface area contributed by atoms with Crippen LogP contribution in [0.1, 0.15) is 45.1 Å². The van der Waals surface area contributed by atoms with Gasteiger partial charge >= 0.3 is 0 Å². The molecule has 1 aromatic rings. The fourth-order valence-electron chi connectivity index (χ4n) is 2.45. The molecule has 0 fully saturated rings. The third kappa shape index (κ3) is 11.1. The molecule has 0 aliphatic rings. The van der Waals surface area contributed by atoms with Gasteiger partial charge in [0, 0.05) is 26.2 Å². The summed E-state index contributed by atoms with van der Waals surface area (Å²) in [5, 5.41) is 6.55. The van der Waals surface area contributed by atoms with Crippen LogP contribution in [-0.4, -0.2) is 53.4 Å². The second-order valence-electron chi connectivity index (χ2n) is 6.30. The summed E-state index contributed by atoms with van der Waals surface area (Å²) in [5.74, 6) is 2.16. The number of nitrogens with one attached hydrogen (secondary N) is 3. The first-order valence-electron chi connectivity index (χ1n) is 9.55. The molecule has 1 atom stereocenters. The Labute approximate surface area is 187 Å². The quantitative estimate of drug-likeness (QED) is 0.169. The van der Waals surface area contributed by atoms with Gasteiger partial charge in [-0.05, 0) is 50.3 Å². The molecule has 0 amide bonds. The lowest BCUT2D eigenvalue weighted by Crippen LogP contribution is -2.38. The molecule has 0 aliphatic carbocycles. The SMILES string of the molecule is CCNC(=NCCCNS(=O)(=O)CC)NCCC(C)c1ccc(OC)cc1.I. The highest BCUT2D eigenvalue weighted by atomic mass is 127. The van der Waals surface area contributed by atoms with Crippen molar-refractivity contribution in [3.05, 3.63) is 29.8 Å². The first-order chi connectivity index (χ1) is 12.9. The third-order valence-corrected chi connectivity index (χ3v) is 5.61. The first kappa shape index (κ1) is 26.9. The molecule has 0 heterocycles. The minimum atomic E-state index is -3.12. The van der Waals surface area contributed by atoms with E-state index in [-0.39, 0.29) is 29.7 Å². The molecule has 0 saturated heterocycles. The average Bonchev–Trinajstić information content (AvgIpc) is 2.67. The number of nitrogens with zero attached hydrogens (tertiary/aromatic N) is 1.